The summed E-state index contributed by atoms with van der Waals surface area (Å²) in [5.41, 5.74) is -0.106. The van der Waals surface area contributed by atoms with E-state index < -0.39 is 36.5 Å². The molecule has 0 aliphatic heterocycles. The third-order valence-electron chi connectivity index (χ3n) is 7.50. The molecular weight excluding hydrogens is 648 g/mol. The Balaban J connectivity index is 2.32. The number of hydrogen-bond acceptors (Lipinski definition) is 12. The maximum atomic E-state index is 13.3. The monoisotopic (exact) mass is 698 g/mol. The quantitative estimate of drug-likeness (QED) is 0.0290. The van der Waals surface area contributed by atoms with E-state index in [1.54, 1.807) is 0 Å². The van der Waals surface area contributed by atoms with Crippen LogP contribution in [0.25, 0.3) is 0 Å². The first-order valence-electron chi connectivity index (χ1n) is 17.3. The zero-order valence-electron chi connectivity index (χ0n) is 30.0. The lowest BCUT2D eigenvalue weighted by molar-refractivity contribution is -0.188. The van der Waals surface area contributed by atoms with Gasteiger partial charge in [0.15, 0.2) is 11.6 Å². The summed E-state index contributed by atoms with van der Waals surface area (Å²) < 4.78 is 21.3. The average Bonchev–Trinajstić information content (AvgIpc) is 3.06. The van der Waals surface area contributed by atoms with Crippen molar-refractivity contribution in [1.82, 2.24) is 0 Å². The van der Waals surface area contributed by atoms with Crippen LogP contribution in [-0.2, 0) is 28.8 Å². The highest BCUT2D eigenvalue weighted by atomic mass is 17.2. The summed E-state index contributed by atoms with van der Waals surface area (Å²) in [6, 6.07) is 8.20. The number of rotatable bonds is 22. The molecule has 2 aromatic carbocycles. The molecule has 0 fully saturated rings. The van der Waals surface area contributed by atoms with E-state index >= 15 is 0 Å². The molecule has 0 aliphatic rings. The Kier molecular flexibility index (Phi) is 18.3. The second kappa shape index (κ2) is 22.1. The third kappa shape index (κ3) is 14.8. The zero-order chi connectivity index (χ0) is 37.1. The SMILES string of the molecule is CCCCCCCC(=O)c1ccc(OC(C)OC(C)=O)c(C(=O)OOC(=O)c2cc(C(=O)CCCCCCC)ccc2OC(C)OC(C)=O)c1. The van der Waals surface area contributed by atoms with Crippen molar-refractivity contribution in [3.8, 4) is 11.5 Å². The van der Waals surface area contributed by atoms with Gasteiger partial charge in [-0.25, -0.2) is 19.4 Å². The number of Topliss-reactive ketones (excluding diaryl/α,β-unsaturated/α-hetero) is 2. The number of unbranched alkanes of at least 4 members (excludes halogenated alkanes) is 8. The highest BCUT2D eigenvalue weighted by Crippen LogP contribution is 2.27. The molecule has 12 nitrogen and oxygen atoms in total. The third-order valence-corrected chi connectivity index (χ3v) is 7.50. The van der Waals surface area contributed by atoms with E-state index in [0.29, 0.717) is 12.8 Å². The lowest BCUT2D eigenvalue weighted by Crippen LogP contribution is -2.22. The molecule has 0 saturated carbocycles. The first kappa shape index (κ1) is 41.4. The van der Waals surface area contributed by atoms with Gasteiger partial charge in [-0.15, -0.1) is 0 Å². The average molecular weight is 699 g/mol. The van der Waals surface area contributed by atoms with Crippen LogP contribution in [0.2, 0.25) is 0 Å². The Bertz CT molecular complexity index is 1350. The highest BCUT2D eigenvalue weighted by Gasteiger charge is 2.25. The molecule has 0 radical (unpaired) electrons. The van der Waals surface area contributed by atoms with Crippen LogP contribution >= 0.6 is 0 Å². The van der Waals surface area contributed by atoms with Gasteiger partial charge in [-0.05, 0) is 49.2 Å². The Hall–Kier alpha value is -4.74. The van der Waals surface area contributed by atoms with E-state index in [9.17, 15) is 28.8 Å². The summed E-state index contributed by atoms with van der Waals surface area (Å²) in [7, 11) is 0. The van der Waals surface area contributed by atoms with Crippen LogP contribution in [0.15, 0.2) is 36.4 Å². The van der Waals surface area contributed by atoms with Gasteiger partial charge in [-0.2, -0.15) is 0 Å². The van der Waals surface area contributed by atoms with Gasteiger partial charge in [-0.3, -0.25) is 19.2 Å². The summed E-state index contributed by atoms with van der Waals surface area (Å²) >= 11 is 0. The summed E-state index contributed by atoms with van der Waals surface area (Å²) in [6.07, 6.45) is 7.78. The predicted molar refractivity (Wildman–Crippen MR) is 183 cm³/mol. The molecular formula is C38H50O12. The molecule has 2 rings (SSSR count). The molecule has 0 amide bonds. The molecule has 0 bridgehead atoms. The van der Waals surface area contributed by atoms with Crippen molar-refractivity contribution in [1.29, 1.82) is 0 Å². The maximum absolute atomic E-state index is 13.3. The van der Waals surface area contributed by atoms with E-state index in [1.807, 2.05) is 0 Å². The van der Waals surface area contributed by atoms with Crippen molar-refractivity contribution in [2.24, 2.45) is 0 Å². The number of carbonyl (C=O) groups excluding carboxylic acids is 6. The van der Waals surface area contributed by atoms with Gasteiger partial charge >= 0.3 is 23.9 Å². The minimum absolute atomic E-state index is 0.0925. The Morgan fingerprint density at radius 3 is 1.24 bits per heavy atom. The van der Waals surface area contributed by atoms with E-state index in [-0.39, 0.29) is 58.2 Å². The number of hydrogen-bond donors (Lipinski definition) is 0. The van der Waals surface area contributed by atoms with Crippen molar-refractivity contribution >= 4 is 35.4 Å². The van der Waals surface area contributed by atoms with Crippen molar-refractivity contribution in [2.45, 2.75) is 131 Å². The molecule has 0 aromatic heterocycles. The van der Waals surface area contributed by atoms with Crippen LogP contribution in [-0.4, -0.2) is 48.0 Å². The Morgan fingerprint density at radius 2 is 0.900 bits per heavy atom. The van der Waals surface area contributed by atoms with Gasteiger partial charge in [0.1, 0.15) is 22.6 Å². The summed E-state index contributed by atoms with van der Waals surface area (Å²) in [5, 5.41) is 0. The van der Waals surface area contributed by atoms with Crippen molar-refractivity contribution in [3.05, 3.63) is 58.7 Å². The second-order valence-electron chi connectivity index (χ2n) is 11.9. The van der Waals surface area contributed by atoms with E-state index in [0.717, 1.165) is 51.4 Å². The molecule has 0 saturated heterocycles. The first-order chi connectivity index (χ1) is 23.9. The minimum atomic E-state index is -1.18. The van der Waals surface area contributed by atoms with Crippen molar-refractivity contribution in [3.63, 3.8) is 0 Å². The molecule has 50 heavy (non-hydrogen) atoms. The molecule has 0 aliphatic carbocycles. The van der Waals surface area contributed by atoms with Crippen LogP contribution in [0.4, 0.5) is 0 Å². The van der Waals surface area contributed by atoms with Crippen molar-refractivity contribution < 1.29 is 57.5 Å². The largest absolute Gasteiger partial charge is 0.454 e. The molecule has 12 heteroatoms. The fourth-order valence-corrected chi connectivity index (χ4v) is 5.04. The smallest absolute Gasteiger partial charge is 0.390 e. The Labute approximate surface area is 294 Å². The van der Waals surface area contributed by atoms with E-state index in [2.05, 4.69) is 13.8 Å². The Morgan fingerprint density at radius 1 is 0.540 bits per heavy atom. The zero-order valence-corrected chi connectivity index (χ0v) is 30.0. The number of benzene rings is 2. The van der Waals surface area contributed by atoms with Gasteiger partial charge < -0.3 is 18.9 Å². The number of esters is 2. The van der Waals surface area contributed by atoms with Crippen LogP contribution in [0.5, 0.6) is 11.5 Å². The van der Waals surface area contributed by atoms with Gasteiger partial charge in [0, 0.05) is 51.7 Å². The lowest BCUT2D eigenvalue weighted by Gasteiger charge is -2.18. The van der Waals surface area contributed by atoms with Gasteiger partial charge in [-0.1, -0.05) is 65.2 Å². The lowest BCUT2D eigenvalue weighted by atomic mass is 10.0. The first-order valence-corrected chi connectivity index (χ1v) is 17.3. The van der Waals surface area contributed by atoms with Gasteiger partial charge in [0.25, 0.3) is 0 Å². The van der Waals surface area contributed by atoms with E-state index in [4.69, 9.17) is 28.7 Å². The second-order valence-corrected chi connectivity index (χ2v) is 11.9. The molecule has 0 spiro atoms. The fourth-order valence-electron chi connectivity index (χ4n) is 5.04. The summed E-state index contributed by atoms with van der Waals surface area (Å²) in [6.45, 7) is 9.45. The summed E-state index contributed by atoms with van der Waals surface area (Å²) in [5.74, 6) is -4.21. The fraction of sp³-hybridized carbons (Fsp3) is 0.526. The minimum Gasteiger partial charge on any atom is -0.454 e. The molecule has 0 N–H and O–H groups in total. The molecule has 0 heterocycles. The standard InChI is InChI=1S/C38H50O12/c1-7-9-11-13-15-17-33(41)29-19-21-35(47-27(5)45-25(3)39)31(23-29)37(43)49-50-38(44)32-24-30(34(42)18-16-14-12-10-8-2)20-22-36(32)48-28(6)46-26(4)40/h19-24,27-28H,7-18H2,1-6H3. The van der Waals surface area contributed by atoms with Crippen LogP contribution in [0.3, 0.4) is 0 Å². The van der Waals surface area contributed by atoms with Crippen molar-refractivity contribution in [2.75, 3.05) is 0 Å². The number of ketones is 2. The maximum Gasteiger partial charge on any atom is 0.390 e. The predicted octanol–water partition coefficient (Wildman–Crippen LogP) is 8.28. The van der Waals surface area contributed by atoms with Crippen LogP contribution in [0, 0.1) is 0 Å². The highest BCUT2D eigenvalue weighted by molar-refractivity contribution is 6.02. The summed E-state index contributed by atoms with van der Waals surface area (Å²) in [4.78, 5) is 85.3. The molecule has 2 aromatic rings. The number of ether oxygens (including phenoxy) is 4. The normalized spacial score (nSPS) is 11.9. The van der Waals surface area contributed by atoms with Gasteiger partial charge in [0.2, 0.25) is 12.6 Å². The molecule has 2 unspecified atom stereocenters. The topological polar surface area (TPSA) is 158 Å². The van der Waals surface area contributed by atoms with Crippen LogP contribution in [0.1, 0.15) is 160 Å². The molecule has 274 valence electrons. The van der Waals surface area contributed by atoms with Crippen LogP contribution < -0.4 is 9.47 Å². The van der Waals surface area contributed by atoms with Gasteiger partial charge in [0.05, 0.1) is 0 Å². The number of carbonyl (C=O) groups is 6. The molecule has 2 atom stereocenters. The van der Waals surface area contributed by atoms with E-state index in [1.165, 1.54) is 64.1 Å².